The van der Waals surface area contributed by atoms with Crippen molar-refractivity contribution >= 4 is 23.1 Å². The molecule has 0 radical (unpaired) electrons. The predicted octanol–water partition coefficient (Wildman–Crippen LogP) is 3.92. The highest BCUT2D eigenvalue weighted by molar-refractivity contribution is 6.36. The van der Waals surface area contributed by atoms with Gasteiger partial charge in [0.05, 0.1) is 19.8 Å². The molecule has 152 valence electrons. The van der Waals surface area contributed by atoms with Gasteiger partial charge in [-0.3, -0.25) is 14.5 Å². The van der Waals surface area contributed by atoms with Crippen LogP contribution < -0.4 is 14.8 Å². The number of benzene rings is 2. The fourth-order valence-corrected chi connectivity index (χ4v) is 3.40. The number of imide groups is 1. The van der Waals surface area contributed by atoms with E-state index in [1.807, 2.05) is 45.9 Å². The molecule has 6 nitrogen and oxygen atoms in total. The van der Waals surface area contributed by atoms with Gasteiger partial charge in [-0.2, -0.15) is 0 Å². The van der Waals surface area contributed by atoms with E-state index < -0.39 is 0 Å². The molecule has 0 saturated heterocycles. The first-order chi connectivity index (χ1) is 13.8. The third-order valence-electron chi connectivity index (χ3n) is 4.96. The molecular formula is C23H26N2O4. The maximum atomic E-state index is 13.2. The quantitative estimate of drug-likeness (QED) is 0.752. The lowest BCUT2D eigenvalue weighted by Crippen LogP contribution is -2.38. The Kier molecular flexibility index (Phi) is 5.64. The van der Waals surface area contributed by atoms with E-state index >= 15 is 0 Å². The Morgan fingerprint density at radius 3 is 2.21 bits per heavy atom. The topological polar surface area (TPSA) is 67.9 Å². The van der Waals surface area contributed by atoms with E-state index in [0.717, 1.165) is 16.8 Å². The molecule has 0 atom stereocenters. The molecule has 0 spiro atoms. The van der Waals surface area contributed by atoms with E-state index in [4.69, 9.17) is 9.47 Å². The van der Waals surface area contributed by atoms with Gasteiger partial charge in [-0.1, -0.05) is 18.2 Å². The molecule has 3 rings (SSSR count). The molecule has 0 aliphatic carbocycles. The maximum Gasteiger partial charge on any atom is 0.278 e. The summed E-state index contributed by atoms with van der Waals surface area (Å²) in [6.07, 6.45) is 0. The lowest BCUT2D eigenvalue weighted by Gasteiger charge is -2.19. The fraction of sp³-hybridized carbons (Fsp3) is 0.304. The highest BCUT2D eigenvalue weighted by Gasteiger charge is 2.40. The second-order valence-electron chi connectivity index (χ2n) is 7.34. The van der Waals surface area contributed by atoms with Crippen molar-refractivity contribution in [3.8, 4) is 11.5 Å². The number of carbonyl (C=O) groups is 2. The van der Waals surface area contributed by atoms with Gasteiger partial charge in [-0.05, 0) is 62.6 Å². The summed E-state index contributed by atoms with van der Waals surface area (Å²) in [5.74, 6) is 0.380. The van der Waals surface area contributed by atoms with Crippen molar-refractivity contribution in [1.82, 2.24) is 4.90 Å². The molecule has 29 heavy (non-hydrogen) atoms. The second kappa shape index (κ2) is 7.99. The summed E-state index contributed by atoms with van der Waals surface area (Å²) in [6.45, 7) is 7.59. The van der Waals surface area contributed by atoms with E-state index in [2.05, 4.69) is 5.32 Å². The summed E-state index contributed by atoms with van der Waals surface area (Å²) in [5.41, 5.74) is 4.03. The van der Waals surface area contributed by atoms with Gasteiger partial charge < -0.3 is 14.8 Å². The standard InChI is InChI=1S/C23H26N2O4/c1-13(2)25-22(26)20(16-9-10-18(28-5)19(12-16)29-6)21(23(25)27)24-17-11-14(3)7-8-15(17)4/h7-13,24H,1-6H3. The van der Waals surface area contributed by atoms with Gasteiger partial charge in [0, 0.05) is 11.7 Å². The summed E-state index contributed by atoms with van der Waals surface area (Å²) in [5, 5.41) is 3.23. The average Bonchev–Trinajstić information content (AvgIpc) is 2.93. The largest absolute Gasteiger partial charge is 0.493 e. The normalized spacial score (nSPS) is 14.1. The van der Waals surface area contributed by atoms with Gasteiger partial charge in [0.1, 0.15) is 5.70 Å². The molecule has 1 aliphatic rings. The van der Waals surface area contributed by atoms with Crippen molar-refractivity contribution in [1.29, 1.82) is 0 Å². The van der Waals surface area contributed by atoms with Crippen LogP contribution in [0.1, 0.15) is 30.5 Å². The van der Waals surface area contributed by atoms with Crippen LogP contribution >= 0.6 is 0 Å². The molecule has 0 unspecified atom stereocenters. The lowest BCUT2D eigenvalue weighted by molar-refractivity contribution is -0.138. The van der Waals surface area contributed by atoms with Crippen LogP contribution in [0.3, 0.4) is 0 Å². The Morgan fingerprint density at radius 1 is 0.897 bits per heavy atom. The molecule has 0 bridgehead atoms. The molecule has 6 heteroatoms. The third kappa shape index (κ3) is 3.70. The number of anilines is 1. The van der Waals surface area contributed by atoms with Crippen molar-refractivity contribution in [2.24, 2.45) is 0 Å². The Balaban J connectivity index is 2.17. The lowest BCUT2D eigenvalue weighted by atomic mass is 10.0. The van der Waals surface area contributed by atoms with Crippen LogP contribution in [0, 0.1) is 13.8 Å². The maximum absolute atomic E-state index is 13.2. The number of amides is 2. The van der Waals surface area contributed by atoms with Crippen LogP contribution in [0.5, 0.6) is 11.5 Å². The Bertz CT molecular complexity index is 1010. The first kappa shape index (κ1) is 20.5. The van der Waals surface area contributed by atoms with E-state index in [-0.39, 0.29) is 23.6 Å². The minimum absolute atomic E-state index is 0.261. The minimum atomic E-state index is -0.337. The molecule has 0 aromatic heterocycles. The first-order valence-corrected chi connectivity index (χ1v) is 9.47. The number of rotatable bonds is 6. The molecule has 0 fully saturated rings. The van der Waals surface area contributed by atoms with Crippen LogP contribution in [0.15, 0.2) is 42.1 Å². The monoisotopic (exact) mass is 394 g/mol. The Labute approximate surface area is 171 Å². The Morgan fingerprint density at radius 2 is 1.59 bits per heavy atom. The van der Waals surface area contributed by atoms with Gasteiger partial charge in [0.25, 0.3) is 11.8 Å². The molecule has 0 saturated carbocycles. The van der Waals surface area contributed by atoms with Crippen molar-refractivity contribution < 1.29 is 19.1 Å². The van der Waals surface area contributed by atoms with Gasteiger partial charge in [0.2, 0.25) is 0 Å². The summed E-state index contributed by atoms with van der Waals surface area (Å²) in [6, 6.07) is 10.9. The van der Waals surface area contributed by atoms with E-state index in [9.17, 15) is 9.59 Å². The summed E-state index contributed by atoms with van der Waals surface area (Å²) in [7, 11) is 3.09. The zero-order valence-electron chi connectivity index (χ0n) is 17.6. The van der Waals surface area contributed by atoms with Crippen molar-refractivity contribution in [2.45, 2.75) is 33.7 Å². The van der Waals surface area contributed by atoms with E-state index in [1.165, 1.54) is 12.0 Å². The number of hydrogen-bond donors (Lipinski definition) is 1. The SMILES string of the molecule is COc1ccc(C2=C(Nc3cc(C)ccc3C)C(=O)N(C(C)C)C2=O)cc1OC. The highest BCUT2D eigenvalue weighted by Crippen LogP contribution is 2.36. The van der Waals surface area contributed by atoms with Crippen LogP contribution in [-0.4, -0.2) is 37.0 Å². The molecule has 2 amide bonds. The number of aryl methyl sites for hydroxylation is 2. The number of nitrogens with one attached hydrogen (secondary N) is 1. The molecule has 1 N–H and O–H groups in total. The number of methoxy groups -OCH3 is 2. The highest BCUT2D eigenvalue weighted by atomic mass is 16.5. The second-order valence-corrected chi connectivity index (χ2v) is 7.34. The smallest absolute Gasteiger partial charge is 0.278 e. The van der Waals surface area contributed by atoms with Gasteiger partial charge in [-0.15, -0.1) is 0 Å². The fourth-order valence-electron chi connectivity index (χ4n) is 3.40. The van der Waals surface area contributed by atoms with Crippen LogP contribution in [0.4, 0.5) is 5.69 Å². The van der Waals surface area contributed by atoms with Crippen LogP contribution in [0.2, 0.25) is 0 Å². The molecule has 1 heterocycles. The zero-order chi connectivity index (χ0) is 21.3. The first-order valence-electron chi connectivity index (χ1n) is 9.47. The number of hydrogen-bond acceptors (Lipinski definition) is 5. The molecular weight excluding hydrogens is 368 g/mol. The van der Waals surface area contributed by atoms with E-state index in [0.29, 0.717) is 22.6 Å². The van der Waals surface area contributed by atoms with Gasteiger partial charge in [-0.25, -0.2) is 0 Å². The number of carbonyl (C=O) groups excluding carboxylic acids is 2. The molecule has 1 aliphatic heterocycles. The van der Waals surface area contributed by atoms with Crippen LogP contribution in [0.25, 0.3) is 5.57 Å². The minimum Gasteiger partial charge on any atom is -0.493 e. The van der Waals surface area contributed by atoms with Crippen molar-refractivity contribution in [3.05, 3.63) is 58.8 Å². The zero-order valence-corrected chi connectivity index (χ0v) is 17.6. The summed E-state index contributed by atoms with van der Waals surface area (Å²) >= 11 is 0. The molecule has 2 aromatic rings. The summed E-state index contributed by atoms with van der Waals surface area (Å²) < 4.78 is 10.7. The average molecular weight is 394 g/mol. The number of nitrogens with zero attached hydrogens (tertiary/aromatic N) is 1. The van der Waals surface area contributed by atoms with Gasteiger partial charge >= 0.3 is 0 Å². The van der Waals surface area contributed by atoms with Crippen molar-refractivity contribution in [2.75, 3.05) is 19.5 Å². The number of ether oxygens (including phenoxy) is 2. The third-order valence-corrected chi connectivity index (χ3v) is 4.96. The van der Waals surface area contributed by atoms with Crippen LogP contribution in [-0.2, 0) is 9.59 Å². The summed E-state index contributed by atoms with van der Waals surface area (Å²) in [4.78, 5) is 27.6. The van der Waals surface area contributed by atoms with E-state index in [1.54, 1.807) is 25.3 Å². The molecule has 2 aromatic carbocycles. The predicted molar refractivity (Wildman–Crippen MR) is 113 cm³/mol. The Hall–Kier alpha value is -3.28. The van der Waals surface area contributed by atoms with Crippen molar-refractivity contribution in [3.63, 3.8) is 0 Å². The van der Waals surface area contributed by atoms with Gasteiger partial charge in [0.15, 0.2) is 11.5 Å².